The molecule has 0 saturated heterocycles. The van der Waals surface area contributed by atoms with Crippen molar-refractivity contribution >= 4 is 11.6 Å². The Morgan fingerprint density at radius 2 is 2.27 bits per heavy atom. The molecule has 1 rings (SSSR count). The van der Waals surface area contributed by atoms with Gasteiger partial charge in [-0.2, -0.15) is 0 Å². The van der Waals surface area contributed by atoms with E-state index in [-0.39, 0.29) is 17.5 Å². The van der Waals surface area contributed by atoms with E-state index in [0.29, 0.717) is 12.8 Å². The summed E-state index contributed by atoms with van der Waals surface area (Å²) in [6, 6.07) is 0. The SMILES string of the molecule is CC(=O)C1CC(=O)CC=C1C. The zero-order chi connectivity index (χ0) is 8.43. The molecule has 1 unspecified atom stereocenters. The van der Waals surface area contributed by atoms with E-state index in [9.17, 15) is 9.59 Å². The summed E-state index contributed by atoms with van der Waals surface area (Å²) in [7, 11) is 0. The van der Waals surface area contributed by atoms with Gasteiger partial charge in [-0.3, -0.25) is 9.59 Å². The summed E-state index contributed by atoms with van der Waals surface area (Å²) in [5, 5.41) is 0. The van der Waals surface area contributed by atoms with Gasteiger partial charge >= 0.3 is 0 Å². The van der Waals surface area contributed by atoms with Crippen LogP contribution in [0.3, 0.4) is 0 Å². The van der Waals surface area contributed by atoms with Crippen LogP contribution in [-0.2, 0) is 9.59 Å². The molecule has 2 nitrogen and oxygen atoms in total. The second-order valence-electron chi connectivity index (χ2n) is 3.06. The molecule has 1 atom stereocenters. The Morgan fingerprint density at radius 3 is 2.73 bits per heavy atom. The Labute approximate surface area is 66.3 Å². The highest BCUT2D eigenvalue weighted by Gasteiger charge is 2.22. The van der Waals surface area contributed by atoms with Gasteiger partial charge < -0.3 is 0 Å². The first-order chi connectivity index (χ1) is 5.11. The average molecular weight is 152 g/mol. The maximum absolute atomic E-state index is 11.0. The van der Waals surface area contributed by atoms with E-state index in [1.807, 2.05) is 13.0 Å². The van der Waals surface area contributed by atoms with Crippen LogP contribution in [0.5, 0.6) is 0 Å². The molecule has 1 aliphatic carbocycles. The molecule has 0 aromatic heterocycles. The number of allylic oxidation sites excluding steroid dienone is 2. The van der Waals surface area contributed by atoms with Crippen molar-refractivity contribution in [3.63, 3.8) is 0 Å². The number of rotatable bonds is 1. The van der Waals surface area contributed by atoms with Crippen LogP contribution in [0.4, 0.5) is 0 Å². The summed E-state index contributed by atoms with van der Waals surface area (Å²) in [4.78, 5) is 21.9. The van der Waals surface area contributed by atoms with Crippen molar-refractivity contribution < 1.29 is 9.59 Å². The van der Waals surface area contributed by atoms with Crippen LogP contribution in [0.25, 0.3) is 0 Å². The van der Waals surface area contributed by atoms with Crippen LogP contribution < -0.4 is 0 Å². The molecule has 0 aliphatic heterocycles. The van der Waals surface area contributed by atoms with E-state index in [0.717, 1.165) is 5.57 Å². The van der Waals surface area contributed by atoms with Crippen LogP contribution in [-0.4, -0.2) is 11.6 Å². The van der Waals surface area contributed by atoms with Crippen LogP contribution in [0, 0.1) is 5.92 Å². The van der Waals surface area contributed by atoms with Crippen molar-refractivity contribution in [2.75, 3.05) is 0 Å². The number of Topliss-reactive ketones (excluding diaryl/α,β-unsaturated/α-hetero) is 2. The van der Waals surface area contributed by atoms with Gasteiger partial charge in [0.2, 0.25) is 0 Å². The van der Waals surface area contributed by atoms with Gasteiger partial charge in [-0.15, -0.1) is 0 Å². The van der Waals surface area contributed by atoms with Gasteiger partial charge in [0.25, 0.3) is 0 Å². The zero-order valence-electron chi connectivity index (χ0n) is 6.89. The molecule has 0 fully saturated rings. The third-order valence-electron chi connectivity index (χ3n) is 2.12. The minimum absolute atomic E-state index is 0.104. The average Bonchev–Trinajstić information content (AvgIpc) is 1.94. The first-order valence-corrected chi connectivity index (χ1v) is 3.80. The molecule has 60 valence electrons. The molecule has 0 radical (unpaired) electrons. The summed E-state index contributed by atoms with van der Waals surface area (Å²) in [6.07, 6.45) is 2.78. The fourth-order valence-corrected chi connectivity index (χ4v) is 1.35. The largest absolute Gasteiger partial charge is 0.299 e. The Hall–Kier alpha value is -0.920. The quantitative estimate of drug-likeness (QED) is 0.533. The molecule has 0 N–H and O–H groups in total. The predicted octanol–water partition coefficient (Wildman–Crippen LogP) is 1.50. The van der Waals surface area contributed by atoms with Gasteiger partial charge in [0, 0.05) is 18.8 Å². The molecule has 0 saturated carbocycles. The summed E-state index contributed by atoms with van der Waals surface area (Å²) in [5.74, 6) is 0.152. The van der Waals surface area contributed by atoms with Crippen molar-refractivity contribution in [3.05, 3.63) is 11.6 Å². The molecule has 0 heterocycles. The van der Waals surface area contributed by atoms with Crippen molar-refractivity contribution in [1.29, 1.82) is 0 Å². The lowest BCUT2D eigenvalue weighted by Gasteiger charge is -2.17. The zero-order valence-corrected chi connectivity index (χ0v) is 6.89. The Bertz CT molecular complexity index is 226. The second-order valence-corrected chi connectivity index (χ2v) is 3.06. The number of carbonyl (C=O) groups is 2. The number of hydrogen-bond acceptors (Lipinski definition) is 2. The van der Waals surface area contributed by atoms with Crippen molar-refractivity contribution in [2.45, 2.75) is 26.7 Å². The first-order valence-electron chi connectivity index (χ1n) is 3.80. The van der Waals surface area contributed by atoms with Crippen LogP contribution in [0.1, 0.15) is 26.7 Å². The van der Waals surface area contributed by atoms with Gasteiger partial charge in [-0.1, -0.05) is 11.6 Å². The maximum atomic E-state index is 11.0. The lowest BCUT2D eigenvalue weighted by atomic mass is 9.85. The highest BCUT2D eigenvalue weighted by molar-refractivity contribution is 5.91. The number of hydrogen-bond donors (Lipinski definition) is 0. The van der Waals surface area contributed by atoms with Gasteiger partial charge in [0.05, 0.1) is 0 Å². The van der Waals surface area contributed by atoms with Gasteiger partial charge in [0.1, 0.15) is 11.6 Å². The monoisotopic (exact) mass is 152 g/mol. The Morgan fingerprint density at radius 1 is 1.64 bits per heavy atom. The highest BCUT2D eigenvalue weighted by atomic mass is 16.1. The van der Waals surface area contributed by atoms with Crippen LogP contribution in [0.2, 0.25) is 0 Å². The maximum Gasteiger partial charge on any atom is 0.137 e. The highest BCUT2D eigenvalue weighted by Crippen LogP contribution is 2.22. The van der Waals surface area contributed by atoms with E-state index < -0.39 is 0 Å². The molecule has 2 heteroatoms. The molecular weight excluding hydrogens is 140 g/mol. The molecule has 0 bridgehead atoms. The van der Waals surface area contributed by atoms with Crippen molar-refractivity contribution in [1.82, 2.24) is 0 Å². The smallest absolute Gasteiger partial charge is 0.137 e. The summed E-state index contributed by atoms with van der Waals surface area (Å²) < 4.78 is 0. The minimum atomic E-state index is -0.128. The third-order valence-corrected chi connectivity index (χ3v) is 2.12. The van der Waals surface area contributed by atoms with Crippen molar-refractivity contribution in [3.8, 4) is 0 Å². The normalized spacial score (nSPS) is 24.7. The van der Waals surface area contributed by atoms with E-state index >= 15 is 0 Å². The van der Waals surface area contributed by atoms with Crippen molar-refractivity contribution in [2.24, 2.45) is 5.92 Å². The van der Waals surface area contributed by atoms with E-state index in [1.54, 1.807) is 6.92 Å². The molecule has 0 amide bonds. The molecule has 0 aromatic carbocycles. The third kappa shape index (κ3) is 1.76. The lowest BCUT2D eigenvalue weighted by Crippen LogP contribution is -2.20. The first kappa shape index (κ1) is 8.18. The van der Waals surface area contributed by atoms with Crippen LogP contribution >= 0.6 is 0 Å². The fourth-order valence-electron chi connectivity index (χ4n) is 1.35. The minimum Gasteiger partial charge on any atom is -0.299 e. The molecule has 1 aliphatic rings. The topological polar surface area (TPSA) is 34.1 Å². The summed E-state index contributed by atoms with van der Waals surface area (Å²) in [6.45, 7) is 3.46. The number of ketones is 2. The van der Waals surface area contributed by atoms with E-state index in [4.69, 9.17) is 0 Å². The van der Waals surface area contributed by atoms with Gasteiger partial charge in [-0.25, -0.2) is 0 Å². The molecule has 0 spiro atoms. The Balaban J connectivity index is 2.79. The lowest BCUT2D eigenvalue weighted by molar-refractivity contribution is -0.125. The van der Waals surface area contributed by atoms with E-state index in [1.165, 1.54) is 0 Å². The van der Waals surface area contributed by atoms with Gasteiger partial charge in [0.15, 0.2) is 0 Å². The van der Waals surface area contributed by atoms with Crippen LogP contribution in [0.15, 0.2) is 11.6 Å². The van der Waals surface area contributed by atoms with Gasteiger partial charge in [-0.05, 0) is 13.8 Å². The Kier molecular flexibility index (Phi) is 2.22. The second kappa shape index (κ2) is 2.99. The molecule has 0 aromatic rings. The molecular formula is C9H12O2. The predicted molar refractivity (Wildman–Crippen MR) is 42.2 cm³/mol. The van der Waals surface area contributed by atoms with E-state index in [2.05, 4.69) is 0 Å². The summed E-state index contributed by atoms with van der Waals surface area (Å²) >= 11 is 0. The standard InChI is InChI=1S/C9H12O2/c1-6-3-4-8(11)5-9(6)7(2)10/h3,9H,4-5H2,1-2H3. The molecule has 11 heavy (non-hydrogen) atoms. The summed E-state index contributed by atoms with van der Waals surface area (Å²) in [5.41, 5.74) is 1.05. The number of carbonyl (C=O) groups excluding carboxylic acids is 2. The fraction of sp³-hybridized carbons (Fsp3) is 0.556.